The van der Waals surface area contributed by atoms with Crippen LogP contribution in [0.4, 0.5) is 11.5 Å². The number of fused-ring (bicyclic) bond motifs is 1. The molecule has 16 nitrogen and oxygen atoms in total. The van der Waals surface area contributed by atoms with Gasteiger partial charge in [-0.3, -0.25) is 34.7 Å². The van der Waals surface area contributed by atoms with E-state index in [1.165, 1.54) is 35.9 Å². The third kappa shape index (κ3) is 5.89. The lowest BCUT2D eigenvalue weighted by molar-refractivity contribution is -0.392. The molecule has 2 N–H and O–H groups in total. The number of rotatable bonds is 13. The van der Waals surface area contributed by atoms with E-state index < -0.39 is 51.0 Å². The second-order valence-electron chi connectivity index (χ2n) is 12.1. The Morgan fingerprint density at radius 2 is 1.68 bits per heavy atom. The van der Waals surface area contributed by atoms with E-state index in [0.29, 0.717) is 22.7 Å². The van der Waals surface area contributed by atoms with Crippen LogP contribution in [0.3, 0.4) is 0 Å². The van der Waals surface area contributed by atoms with Gasteiger partial charge in [-0.05, 0) is 22.1 Å². The highest BCUT2D eigenvalue weighted by Gasteiger charge is 2.68. The minimum Gasteiger partial charge on any atom is -0.493 e. The van der Waals surface area contributed by atoms with Crippen molar-refractivity contribution >= 4 is 29.3 Å². The van der Waals surface area contributed by atoms with Crippen molar-refractivity contribution in [3.8, 4) is 11.5 Å². The largest absolute Gasteiger partial charge is 0.493 e. The number of likely N-dealkylation sites (tertiary alicyclic amines) is 1. The summed E-state index contributed by atoms with van der Waals surface area (Å²) in [4.78, 5) is 68.7. The van der Waals surface area contributed by atoms with Crippen LogP contribution in [0.2, 0.25) is 0 Å². The van der Waals surface area contributed by atoms with Gasteiger partial charge in [0, 0.05) is 37.1 Å². The smallest absolute Gasteiger partial charge is 0.342 e. The molecule has 6 rings (SSSR count). The Labute approximate surface area is 284 Å². The van der Waals surface area contributed by atoms with Crippen LogP contribution >= 0.6 is 0 Å². The highest BCUT2D eigenvalue weighted by Crippen LogP contribution is 2.52. The number of aliphatic carboxylic acids is 1. The first kappa shape index (κ1) is 33.7. The van der Waals surface area contributed by atoms with Gasteiger partial charge >= 0.3 is 11.8 Å². The van der Waals surface area contributed by atoms with E-state index in [4.69, 9.17) is 9.47 Å². The number of carboxylic acid groups (broad SMARTS) is 1. The molecule has 0 bridgehead atoms. The zero-order valence-corrected chi connectivity index (χ0v) is 26.9. The summed E-state index contributed by atoms with van der Waals surface area (Å²) in [6, 6.07) is 18.5. The first-order valence-electron chi connectivity index (χ1n) is 15.6. The Balaban J connectivity index is 1.43. The van der Waals surface area contributed by atoms with Crippen LogP contribution in [0.15, 0.2) is 79.0 Å². The molecule has 1 aromatic heterocycles. The molecule has 2 aliphatic rings. The molecule has 0 saturated carbocycles. The molecule has 0 aliphatic carbocycles. The number of nitrogens with one attached hydrogen (secondary N) is 1. The number of carboxylic acids is 1. The van der Waals surface area contributed by atoms with Crippen LogP contribution in [0.1, 0.15) is 28.6 Å². The molecule has 3 aromatic carbocycles. The first-order valence-corrected chi connectivity index (χ1v) is 15.6. The molecule has 4 atom stereocenters. The first-order chi connectivity index (χ1) is 24.0. The van der Waals surface area contributed by atoms with Crippen LogP contribution < -0.4 is 14.8 Å². The number of hydrogen-bond acceptors (Lipinski definition) is 11. The minimum absolute atomic E-state index is 0.115. The average molecular weight is 685 g/mol. The number of non-ortho nitro benzene ring substituents is 1. The van der Waals surface area contributed by atoms with Gasteiger partial charge in [-0.25, -0.2) is 9.55 Å². The third-order valence-corrected chi connectivity index (χ3v) is 9.32. The molecular formula is C34H32N6O10. The molecule has 50 heavy (non-hydrogen) atoms. The van der Waals surface area contributed by atoms with Gasteiger partial charge < -0.3 is 24.7 Å². The number of methoxy groups -OCH3 is 1. The van der Waals surface area contributed by atoms with E-state index in [9.17, 15) is 39.7 Å². The number of para-hydroxylation sites is 1. The fraction of sp³-hybridized carbons (Fsp3) is 0.294. The number of amides is 2. The lowest BCUT2D eigenvalue weighted by Crippen LogP contribution is -2.57. The number of nitro groups is 2. The normalized spacial score (nSPS) is 21.2. The van der Waals surface area contributed by atoms with Gasteiger partial charge in [-0.1, -0.05) is 54.6 Å². The average Bonchev–Trinajstić information content (AvgIpc) is 3.73. The predicted molar refractivity (Wildman–Crippen MR) is 174 cm³/mol. The zero-order valence-electron chi connectivity index (χ0n) is 26.9. The summed E-state index contributed by atoms with van der Waals surface area (Å²) in [6.07, 6.45) is 0.776. The highest BCUT2D eigenvalue weighted by molar-refractivity contribution is 6.09. The van der Waals surface area contributed by atoms with Gasteiger partial charge in [-0.15, -0.1) is 0 Å². The third-order valence-electron chi connectivity index (χ3n) is 9.32. The molecule has 2 amide bonds. The number of nitro benzene ring substituents is 1. The highest BCUT2D eigenvalue weighted by atomic mass is 16.6. The van der Waals surface area contributed by atoms with E-state index >= 15 is 0 Å². The minimum atomic E-state index is -2.05. The SMILES string of the molecule is COc1cccc(C2NC(Cc3ccc([N+](=O)[O-])cc3)(C(=O)O)C3C(=O)N(CCn4c([N+](=O)[O-])cnc4C)C(=O)C23)c1OCc1ccccc1. The second kappa shape index (κ2) is 13.4. The Kier molecular flexibility index (Phi) is 9.03. The Hall–Kier alpha value is -6.16. The maximum atomic E-state index is 14.3. The van der Waals surface area contributed by atoms with E-state index in [1.54, 1.807) is 25.1 Å². The molecule has 3 heterocycles. The fourth-order valence-corrected chi connectivity index (χ4v) is 6.94. The van der Waals surface area contributed by atoms with Crippen LogP contribution in [0, 0.1) is 39.0 Å². The number of nitrogens with zero attached hydrogens (tertiary/aromatic N) is 5. The number of carbonyl (C=O) groups excluding carboxylic acids is 2. The molecule has 2 saturated heterocycles. The Morgan fingerprint density at radius 1 is 0.960 bits per heavy atom. The van der Waals surface area contributed by atoms with Gasteiger partial charge in [0.2, 0.25) is 11.8 Å². The van der Waals surface area contributed by atoms with Gasteiger partial charge in [-0.2, -0.15) is 0 Å². The van der Waals surface area contributed by atoms with Crippen molar-refractivity contribution < 1.29 is 38.8 Å². The van der Waals surface area contributed by atoms with Gasteiger partial charge in [0.1, 0.15) is 24.9 Å². The number of carbonyl (C=O) groups is 3. The zero-order chi connectivity index (χ0) is 35.7. The predicted octanol–water partition coefficient (Wildman–Crippen LogP) is 3.61. The van der Waals surface area contributed by atoms with Gasteiger partial charge in [0.25, 0.3) is 5.69 Å². The molecular weight excluding hydrogens is 652 g/mol. The summed E-state index contributed by atoms with van der Waals surface area (Å²) in [5, 5.41) is 36.9. The molecule has 16 heteroatoms. The van der Waals surface area contributed by atoms with E-state index in [2.05, 4.69) is 10.3 Å². The molecule has 2 fully saturated rings. The Morgan fingerprint density at radius 3 is 2.32 bits per heavy atom. The lowest BCUT2D eigenvalue weighted by Gasteiger charge is -2.31. The monoisotopic (exact) mass is 684 g/mol. The van der Waals surface area contributed by atoms with Gasteiger partial charge in [0.15, 0.2) is 17.3 Å². The standard InChI is InChI=1S/C34H32N6O10/c1-20-35-18-26(40(47)48)37(20)15-16-38-31(41)27-28(32(38)42)34(33(43)44,17-21-11-13-23(14-12-21)39(45)46)36-29(27)24-9-6-10-25(49-2)30(24)50-19-22-7-4-3-5-8-22/h3-14,18,27-29,36H,15-17,19H2,1-2H3,(H,43,44). The topological polar surface area (TPSA) is 209 Å². The van der Waals surface area contributed by atoms with E-state index in [1.807, 2.05) is 30.3 Å². The maximum absolute atomic E-state index is 14.3. The molecule has 0 radical (unpaired) electrons. The number of benzene rings is 3. The number of hydrogen-bond donors (Lipinski definition) is 2. The number of ether oxygens (including phenoxy) is 2. The molecule has 4 aromatic rings. The van der Waals surface area contributed by atoms with Crippen molar-refractivity contribution in [1.82, 2.24) is 19.8 Å². The molecule has 0 spiro atoms. The van der Waals surface area contributed by atoms with Crippen molar-refractivity contribution in [3.63, 3.8) is 0 Å². The summed E-state index contributed by atoms with van der Waals surface area (Å²) in [5.74, 6) is -4.97. The number of aryl methyl sites for hydroxylation is 1. The lowest BCUT2D eigenvalue weighted by atomic mass is 9.76. The van der Waals surface area contributed by atoms with Crippen molar-refractivity contribution in [2.75, 3.05) is 13.7 Å². The van der Waals surface area contributed by atoms with Crippen LogP contribution in [0.5, 0.6) is 11.5 Å². The maximum Gasteiger partial charge on any atom is 0.342 e. The number of imidazole rings is 1. The molecule has 2 aliphatic heterocycles. The van der Waals surface area contributed by atoms with Crippen LogP contribution in [0.25, 0.3) is 0 Å². The second-order valence-corrected chi connectivity index (χ2v) is 12.1. The quantitative estimate of drug-likeness (QED) is 0.118. The number of imide groups is 1. The van der Waals surface area contributed by atoms with Crippen LogP contribution in [-0.4, -0.2) is 66.4 Å². The van der Waals surface area contributed by atoms with Crippen molar-refractivity contribution in [2.24, 2.45) is 11.8 Å². The van der Waals surface area contributed by atoms with Crippen molar-refractivity contribution in [3.05, 3.63) is 122 Å². The number of aromatic nitrogens is 2. The Bertz CT molecular complexity index is 1980. The van der Waals surface area contributed by atoms with Crippen LogP contribution in [-0.2, 0) is 34.0 Å². The van der Waals surface area contributed by atoms with Gasteiger partial charge in [0.05, 0.1) is 30.4 Å². The van der Waals surface area contributed by atoms with E-state index in [-0.39, 0.29) is 43.4 Å². The fourth-order valence-electron chi connectivity index (χ4n) is 6.94. The summed E-state index contributed by atoms with van der Waals surface area (Å²) < 4.78 is 13.1. The summed E-state index contributed by atoms with van der Waals surface area (Å²) >= 11 is 0. The molecule has 258 valence electrons. The summed E-state index contributed by atoms with van der Waals surface area (Å²) in [6.45, 7) is 1.24. The summed E-state index contributed by atoms with van der Waals surface area (Å²) in [7, 11) is 1.44. The van der Waals surface area contributed by atoms with Crippen molar-refractivity contribution in [1.29, 1.82) is 0 Å². The van der Waals surface area contributed by atoms with Crippen molar-refractivity contribution in [2.45, 2.75) is 38.1 Å². The molecule has 4 unspecified atom stereocenters. The summed E-state index contributed by atoms with van der Waals surface area (Å²) in [5.41, 5.74) is -0.663. The van der Waals surface area contributed by atoms with E-state index in [0.717, 1.165) is 16.7 Å².